The Labute approximate surface area is 154 Å². The molecule has 2 rings (SSSR count). The lowest BCUT2D eigenvalue weighted by Gasteiger charge is -2.06. The van der Waals surface area contributed by atoms with Crippen molar-refractivity contribution >= 4 is 40.9 Å². The van der Waals surface area contributed by atoms with Crippen molar-refractivity contribution in [1.29, 1.82) is 0 Å². The summed E-state index contributed by atoms with van der Waals surface area (Å²) in [5.74, 6) is -0.948. The SMILES string of the molecule is CCC(=O)Cn1ccc(Cl)c1C(=O)OC.COC(=O)c1[nH]ccc1Cl. The van der Waals surface area contributed by atoms with Gasteiger partial charge in [-0.05, 0) is 12.1 Å². The maximum atomic E-state index is 11.3. The molecule has 7 nitrogen and oxygen atoms in total. The molecular formula is C16H18Cl2N2O5. The van der Waals surface area contributed by atoms with Crippen molar-refractivity contribution in [3.63, 3.8) is 0 Å². The van der Waals surface area contributed by atoms with Crippen LogP contribution in [0.4, 0.5) is 0 Å². The molecule has 0 fully saturated rings. The number of hydrogen-bond donors (Lipinski definition) is 1. The van der Waals surface area contributed by atoms with Gasteiger partial charge in [0.05, 0.1) is 30.8 Å². The van der Waals surface area contributed by atoms with Gasteiger partial charge in [0.1, 0.15) is 11.4 Å². The fourth-order valence-corrected chi connectivity index (χ4v) is 2.24. The first-order valence-corrected chi connectivity index (χ1v) is 7.97. The highest BCUT2D eigenvalue weighted by Crippen LogP contribution is 2.18. The highest BCUT2D eigenvalue weighted by molar-refractivity contribution is 6.33. The van der Waals surface area contributed by atoms with Crippen LogP contribution in [0.1, 0.15) is 34.3 Å². The quantitative estimate of drug-likeness (QED) is 0.792. The first-order valence-electron chi connectivity index (χ1n) is 7.21. The minimum atomic E-state index is -0.533. The largest absolute Gasteiger partial charge is 0.464 e. The van der Waals surface area contributed by atoms with Gasteiger partial charge in [-0.1, -0.05) is 30.1 Å². The van der Waals surface area contributed by atoms with E-state index in [1.807, 2.05) is 0 Å². The third-order valence-corrected chi connectivity index (χ3v) is 3.74. The number of ketones is 1. The Morgan fingerprint density at radius 1 is 1.08 bits per heavy atom. The van der Waals surface area contributed by atoms with Gasteiger partial charge in [-0.25, -0.2) is 9.59 Å². The highest BCUT2D eigenvalue weighted by Gasteiger charge is 2.17. The number of aromatic nitrogens is 2. The van der Waals surface area contributed by atoms with Crippen molar-refractivity contribution in [1.82, 2.24) is 9.55 Å². The molecule has 0 saturated carbocycles. The van der Waals surface area contributed by atoms with Crippen molar-refractivity contribution < 1.29 is 23.9 Å². The second kappa shape index (κ2) is 9.90. The molecule has 0 spiro atoms. The van der Waals surface area contributed by atoms with Crippen LogP contribution in [0.25, 0.3) is 0 Å². The minimum absolute atomic E-state index is 0.0346. The van der Waals surface area contributed by atoms with Crippen LogP contribution >= 0.6 is 23.2 Å². The number of ether oxygens (including phenoxy) is 2. The summed E-state index contributed by atoms with van der Waals surface area (Å²) in [4.78, 5) is 36.0. The summed E-state index contributed by atoms with van der Waals surface area (Å²) < 4.78 is 10.5. The third kappa shape index (κ3) is 5.65. The number of nitrogens with one attached hydrogen (secondary N) is 1. The number of esters is 2. The minimum Gasteiger partial charge on any atom is -0.464 e. The van der Waals surface area contributed by atoms with E-state index in [4.69, 9.17) is 23.2 Å². The topological polar surface area (TPSA) is 90.4 Å². The Morgan fingerprint density at radius 3 is 2.20 bits per heavy atom. The lowest BCUT2D eigenvalue weighted by Crippen LogP contribution is -2.15. The monoisotopic (exact) mass is 388 g/mol. The maximum Gasteiger partial charge on any atom is 0.356 e. The van der Waals surface area contributed by atoms with E-state index in [1.54, 1.807) is 31.5 Å². The molecule has 0 amide bonds. The second-order valence-electron chi connectivity index (χ2n) is 4.72. The molecule has 1 N–H and O–H groups in total. The van der Waals surface area contributed by atoms with Crippen LogP contribution in [0.3, 0.4) is 0 Å². The van der Waals surface area contributed by atoms with Crippen LogP contribution in [-0.4, -0.2) is 41.5 Å². The number of hydrogen-bond acceptors (Lipinski definition) is 5. The van der Waals surface area contributed by atoms with Crippen molar-refractivity contribution in [2.75, 3.05) is 14.2 Å². The van der Waals surface area contributed by atoms with Crippen molar-refractivity contribution in [2.24, 2.45) is 0 Å². The number of halogens is 2. The summed E-state index contributed by atoms with van der Waals surface area (Å²) in [5.41, 5.74) is 0.519. The van der Waals surface area contributed by atoms with E-state index in [9.17, 15) is 14.4 Å². The van der Waals surface area contributed by atoms with E-state index in [1.165, 1.54) is 18.8 Å². The molecule has 2 aromatic rings. The van der Waals surface area contributed by atoms with Crippen LogP contribution in [-0.2, 0) is 20.8 Å². The van der Waals surface area contributed by atoms with Crippen molar-refractivity contribution in [3.05, 3.63) is 46.0 Å². The summed E-state index contributed by atoms with van der Waals surface area (Å²) in [6.45, 7) is 1.92. The first kappa shape index (κ1) is 20.8. The van der Waals surface area contributed by atoms with Gasteiger partial charge in [0.25, 0.3) is 0 Å². The van der Waals surface area contributed by atoms with Gasteiger partial charge < -0.3 is 19.0 Å². The standard InChI is InChI=1S/C10H12ClNO3.C6H6ClNO2/c1-3-7(13)6-12-5-4-8(11)9(12)10(14)15-2;1-10-6(9)5-4(7)2-3-8-5/h4-5H,3,6H2,1-2H3;2-3,8H,1H3. The van der Waals surface area contributed by atoms with E-state index in [-0.39, 0.29) is 18.0 Å². The van der Waals surface area contributed by atoms with Gasteiger partial charge in [-0.3, -0.25) is 4.79 Å². The molecule has 0 unspecified atom stereocenters. The lowest BCUT2D eigenvalue weighted by molar-refractivity contribution is -0.119. The van der Waals surface area contributed by atoms with Crippen molar-refractivity contribution in [3.8, 4) is 0 Å². The molecule has 0 aromatic carbocycles. The summed E-state index contributed by atoms with van der Waals surface area (Å²) in [5, 5.41) is 0.678. The first-order chi connectivity index (χ1) is 11.8. The van der Waals surface area contributed by atoms with Gasteiger partial charge >= 0.3 is 11.9 Å². The number of aromatic amines is 1. The van der Waals surface area contributed by atoms with Crippen LogP contribution in [0.5, 0.6) is 0 Å². The predicted molar refractivity (Wildman–Crippen MR) is 93.2 cm³/mol. The second-order valence-corrected chi connectivity index (χ2v) is 5.53. The van der Waals surface area contributed by atoms with E-state index < -0.39 is 11.9 Å². The number of nitrogens with zero attached hydrogens (tertiary/aromatic N) is 1. The molecule has 0 saturated heterocycles. The third-order valence-electron chi connectivity index (χ3n) is 3.12. The molecular weight excluding hydrogens is 371 g/mol. The van der Waals surface area contributed by atoms with Crippen LogP contribution in [0.2, 0.25) is 10.0 Å². The molecule has 0 atom stereocenters. The van der Waals surface area contributed by atoms with E-state index >= 15 is 0 Å². The molecule has 9 heteroatoms. The Hall–Kier alpha value is -2.25. The summed E-state index contributed by atoms with van der Waals surface area (Å²) in [7, 11) is 2.58. The average Bonchev–Trinajstić information content (AvgIpc) is 3.19. The predicted octanol–water partition coefficient (Wildman–Crippen LogP) is 3.36. The maximum absolute atomic E-state index is 11.3. The summed E-state index contributed by atoms with van der Waals surface area (Å²) >= 11 is 11.4. The Kier molecular flexibility index (Phi) is 8.24. The van der Waals surface area contributed by atoms with Gasteiger partial charge in [0.15, 0.2) is 5.78 Å². The fourth-order valence-electron chi connectivity index (χ4n) is 1.80. The zero-order valence-corrected chi connectivity index (χ0v) is 15.5. The molecule has 2 aromatic heterocycles. The Balaban J connectivity index is 0.000000271. The number of Topliss-reactive ketones (excluding diaryl/α,β-unsaturated/α-hetero) is 1. The Bertz CT molecular complexity index is 752. The summed E-state index contributed by atoms with van der Waals surface area (Å²) in [6.07, 6.45) is 3.60. The van der Waals surface area contributed by atoms with E-state index in [0.717, 1.165) is 0 Å². The van der Waals surface area contributed by atoms with Crippen LogP contribution in [0.15, 0.2) is 24.5 Å². The number of carbonyl (C=O) groups excluding carboxylic acids is 3. The zero-order chi connectivity index (χ0) is 19.0. The van der Waals surface area contributed by atoms with Crippen LogP contribution in [0, 0.1) is 0 Å². The molecule has 136 valence electrons. The zero-order valence-electron chi connectivity index (χ0n) is 14.0. The lowest BCUT2D eigenvalue weighted by atomic mass is 10.3. The van der Waals surface area contributed by atoms with Gasteiger partial charge in [-0.2, -0.15) is 0 Å². The molecule has 0 aliphatic rings. The van der Waals surface area contributed by atoms with Gasteiger partial charge in [0.2, 0.25) is 0 Å². The number of methoxy groups -OCH3 is 2. The fraction of sp³-hybridized carbons (Fsp3) is 0.312. The van der Waals surface area contributed by atoms with Crippen molar-refractivity contribution in [2.45, 2.75) is 19.9 Å². The van der Waals surface area contributed by atoms with Gasteiger partial charge in [-0.15, -0.1) is 0 Å². The molecule has 0 radical (unpaired) electrons. The number of carbonyl (C=O) groups is 3. The van der Waals surface area contributed by atoms with Gasteiger partial charge in [0, 0.05) is 18.8 Å². The summed E-state index contributed by atoms with van der Waals surface area (Å²) in [6, 6.07) is 3.16. The molecule has 25 heavy (non-hydrogen) atoms. The van der Waals surface area contributed by atoms with Crippen LogP contribution < -0.4 is 0 Å². The molecule has 0 bridgehead atoms. The average molecular weight is 389 g/mol. The van der Waals surface area contributed by atoms with E-state index in [2.05, 4.69) is 14.5 Å². The van der Waals surface area contributed by atoms with E-state index in [0.29, 0.717) is 22.2 Å². The highest BCUT2D eigenvalue weighted by atomic mass is 35.5. The number of rotatable bonds is 5. The molecule has 0 aliphatic heterocycles. The normalized spacial score (nSPS) is 9.80. The Morgan fingerprint density at radius 2 is 1.72 bits per heavy atom. The number of H-pyrrole nitrogens is 1. The molecule has 0 aliphatic carbocycles. The molecule has 2 heterocycles. The smallest absolute Gasteiger partial charge is 0.356 e.